The summed E-state index contributed by atoms with van der Waals surface area (Å²) in [5.41, 5.74) is 0.646. The van der Waals surface area contributed by atoms with Gasteiger partial charge in [0.25, 0.3) is 0 Å². The van der Waals surface area contributed by atoms with Crippen molar-refractivity contribution in [3.8, 4) is 11.5 Å². The van der Waals surface area contributed by atoms with Gasteiger partial charge in [-0.1, -0.05) is 0 Å². The van der Waals surface area contributed by atoms with Gasteiger partial charge in [-0.2, -0.15) is 0 Å². The van der Waals surface area contributed by atoms with Crippen molar-refractivity contribution in [2.45, 2.75) is 19.8 Å². The number of anilines is 1. The van der Waals surface area contributed by atoms with Crippen molar-refractivity contribution in [3.63, 3.8) is 0 Å². The SMILES string of the molecule is CC(=O)CCC(=O)Nc1ccc2c(c1)OCCO2. The first-order valence-electron chi connectivity index (χ1n) is 5.84. The van der Waals surface area contributed by atoms with Crippen LogP contribution < -0.4 is 14.8 Å². The van der Waals surface area contributed by atoms with E-state index in [4.69, 9.17) is 9.47 Å². The number of rotatable bonds is 4. The zero-order valence-corrected chi connectivity index (χ0v) is 10.2. The Morgan fingerprint density at radius 3 is 2.61 bits per heavy atom. The smallest absolute Gasteiger partial charge is 0.224 e. The molecule has 0 unspecified atom stereocenters. The number of ketones is 1. The molecular weight excluding hydrogens is 234 g/mol. The number of Topliss-reactive ketones (excluding diaryl/α,β-unsaturated/α-hetero) is 1. The van der Waals surface area contributed by atoms with Crippen LogP contribution in [0.2, 0.25) is 0 Å². The molecule has 2 rings (SSSR count). The molecule has 1 aliphatic rings. The van der Waals surface area contributed by atoms with E-state index in [9.17, 15) is 9.59 Å². The fourth-order valence-corrected chi connectivity index (χ4v) is 1.63. The van der Waals surface area contributed by atoms with Gasteiger partial charge in [-0.15, -0.1) is 0 Å². The van der Waals surface area contributed by atoms with Crippen molar-refractivity contribution in [1.82, 2.24) is 0 Å². The molecule has 0 radical (unpaired) electrons. The number of amides is 1. The number of hydrogen-bond acceptors (Lipinski definition) is 4. The van der Waals surface area contributed by atoms with Gasteiger partial charge in [0, 0.05) is 24.6 Å². The van der Waals surface area contributed by atoms with Crippen molar-refractivity contribution in [2.24, 2.45) is 0 Å². The standard InChI is InChI=1S/C13H15NO4/c1-9(15)2-5-13(16)14-10-3-4-11-12(8-10)18-7-6-17-11/h3-4,8H,2,5-7H2,1H3,(H,14,16). The molecule has 1 amide bonds. The summed E-state index contributed by atoms with van der Waals surface area (Å²) in [4.78, 5) is 22.3. The van der Waals surface area contributed by atoms with Crippen LogP contribution in [0.4, 0.5) is 5.69 Å². The van der Waals surface area contributed by atoms with Gasteiger partial charge in [-0.05, 0) is 19.1 Å². The van der Waals surface area contributed by atoms with E-state index in [2.05, 4.69) is 5.32 Å². The van der Waals surface area contributed by atoms with Crippen LogP contribution >= 0.6 is 0 Å². The van der Waals surface area contributed by atoms with Crippen LogP contribution in [-0.2, 0) is 9.59 Å². The lowest BCUT2D eigenvalue weighted by Crippen LogP contribution is -2.16. The fraction of sp³-hybridized carbons (Fsp3) is 0.385. The van der Waals surface area contributed by atoms with E-state index in [1.807, 2.05) is 0 Å². The zero-order valence-electron chi connectivity index (χ0n) is 10.2. The van der Waals surface area contributed by atoms with Gasteiger partial charge in [-0.25, -0.2) is 0 Å². The van der Waals surface area contributed by atoms with Crippen LogP contribution in [0.5, 0.6) is 11.5 Å². The first kappa shape index (κ1) is 12.4. The second-order valence-electron chi connectivity index (χ2n) is 4.11. The van der Waals surface area contributed by atoms with Crippen molar-refractivity contribution in [3.05, 3.63) is 18.2 Å². The van der Waals surface area contributed by atoms with Gasteiger partial charge in [0.1, 0.15) is 19.0 Å². The first-order valence-corrected chi connectivity index (χ1v) is 5.84. The Morgan fingerprint density at radius 1 is 1.17 bits per heavy atom. The van der Waals surface area contributed by atoms with E-state index < -0.39 is 0 Å². The summed E-state index contributed by atoms with van der Waals surface area (Å²) >= 11 is 0. The van der Waals surface area contributed by atoms with Gasteiger partial charge < -0.3 is 19.6 Å². The summed E-state index contributed by atoms with van der Waals surface area (Å²) < 4.78 is 10.8. The normalized spacial score (nSPS) is 12.9. The van der Waals surface area contributed by atoms with E-state index in [0.717, 1.165) is 0 Å². The molecule has 1 heterocycles. The van der Waals surface area contributed by atoms with Gasteiger partial charge in [0.2, 0.25) is 5.91 Å². The molecule has 0 saturated carbocycles. The molecule has 5 nitrogen and oxygen atoms in total. The molecule has 0 saturated heterocycles. The van der Waals surface area contributed by atoms with Crippen LogP contribution in [0, 0.1) is 0 Å². The maximum Gasteiger partial charge on any atom is 0.224 e. The average Bonchev–Trinajstić information content (AvgIpc) is 2.36. The highest BCUT2D eigenvalue weighted by Gasteiger charge is 2.12. The number of ether oxygens (including phenoxy) is 2. The Morgan fingerprint density at radius 2 is 1.89 bits per heavy atom. The lowest BCUT2D eigenvalue weighted by atomic mass is 10.2. The van der Waals surface area contributed by atoms with E-state index in [1.54, 1.807) is 18.2 Å². The van der Waals surface area contributed by atoms with Gasteiger partial charge >= 0.3 is 0 Å². The molecule has 0 bridgehead atoms. The number of nitrogens with one attached hydrogen (secondary N) is 1. The van der Waals surface area contributed by atoms with E-state index >= 15 is 0 Å². The monoisotopic (exact) mass is 249 g/mol. The molecule has 96 valence electrons. The summed E-state index contributed by atoms with van der Waals surface area (Å²) in [5, 5.41) is 2.72. The Labute approximate surface area is 105 Å². The maximum absolute atomic E-state index is 11.5. The topological polar surface area (TPSA) is 64.6 Å². The fourth-order valence-electron chi connectivity index (χ4n) is 1.63. The molecule has 1 aliphatic heterocycles. The number of fused-ring (bicyclic) bond motifs is 1. The van der Waals surface area contributed by atoms with E-state index in [-0.39, 0.29) is 24.5 Å². The van der Waals surface area contributed by atoms with Crippen molar-refractivity contribution >= 4 is 17.4 Å². The zero-order chi connectivity index (χ0) is 13.0. The molecule has 1 N–H and O–H groups in total. The van der Waals surface area contributed by atoms with Crippen molar-refractivity contribution in [2.75, 3.05) is 18.5 Å². The predicted molar refractivity (Wildman–Crippen MR) is 66.0 cm³/mol. The Bertz CT molecular complexity index is 470. The van der Waals surface area contributed by atoms with Crippen molar-refractivity contribution in [1.29, 1.82) is 0 Å². The summed E-state index contributed by atoms with van der Waals surface area (Å²) in [6, 6.07) is 5.23. The number of hydrogen-bond donors (Lipinski definition) is 1. The Kier molecular flexibility index (Phi) is 3.82. The van der Waals surface area contributed by atoms with E-state index in [0.29, 0.717) is 30.4 Å². The van der Waals surface area contributed by atoms with Gasteiger partial charge in [0.15, 0.2) is 11.5 Å². The molecule has 0 aromatic heterocycles. The second-order valence-corrected chi connectivity index (χ2v) is 4.11. The van der Waals surface area contributed by atoms with Gasteiger partial charge in [0.05, 0.1) is 0 Å². The third kappa shape index (κ3) is 3.23. The van der Waals surface area contributed by atoms with Crippen LogP contribution in [0.3, 0.4) is 0 Å². The number of carbonyl (C=O) groups is 2. The lowest BCUT2D eigenvalue weighted by molar-refractivity contribution is -0.121. The van der Waals surface area contributed by atoms with Crippen LogP contribution in [-0.4, -0.2) is 24.9 Å². The highest BCUT2D eigenvalue weighted by Crippen LogP contribution is 2.32. The molecule has 18 heavy (non-hydrogen) atoms. The van der Waals surface area contributed by atoms with Gasteiger partial charge in [-0.3, -0.25) is 4.79 Å². The average molecular weight is 249 g/mol. The Balaban J connectivity index is 1.97. The summed E-state index contributed by atoms with van der Waals surface area (Å²) in [7, 11) is 0. The maximum atomic E-state index is 11.5. The predicted octanol–water partition coefficient (Wildman–Crippen LogP) is 1.77. The molecule has 0 spiro atoms. The van der Waals surface area contributed by atoms with Crippen LogP contribution in [0.15, 0.2) is 18.2 Å². The molecule has 1 aromatic rings. The Hall–Kier alpha value is -2.04. The minimum absolute atomic E-state index is 0.00678. The summed E-state index contributed by atoms with van der Waals surface area (Å²) in [5.74, 6) is 1.14. The highest BCUT2D eigenvalue weighted by molar-refractivity contribution is 5.93. The van der Waals surface area contributed by atoms with Crippen LogP contribution in [0.25, 0.3) is 0 Å². The minimum atomic E-state index is -0.179. The third-order valence-corrected chi connectivity index (χ3v) is 2.53. The summed E-state index contributed by atoms with van der Waals surface area (Å²) in [6.07, 6.45) is 0.458. The van der Waals surface area contributed by atoms with E-state index in [1.165, 1.54) is 6.92 Å². The summed E-state index contributed by atoms with van der Waals surface area (Å²) in [6.45, 7) is 2.52. The highest BCUT2D eigenvalue weighted by atomic mass is 16.6. The molecular formula is C13H15NO4. The van der Waals surface area contributed by atoms with Crippen LogP contribution in [0.1, 0.15) is 19.8 Å². The number of benzene rings is 1. The molecule has 0 aliphatic carbocycles. The molecule has 0 atom stereocenters. The second kappa shape index (κ2) is 5.53. The first-order chi connectivity index (χ1) is 8.65. The molecule has 5 heteroatoms. The molecule has 1 aromatic carbocycles. The third-order valence-electron chi connectivity index (χ3n) is 2.53. The largest absolute Gasteiger partial charge is 0.486 e. The van der Waals surface area contributed by atoms with Crippen molar-refractivity contribution < 1.29 is 19.1 Å². The lowest BCUT2D eigenvalue weighted by Gasteiger charge is -2.18. The molecule has 0 fully saturated rings. The quantitative estimate of drug-likeness (QED) is 0.883. The number of carbonyl (C=O) groups excluding carboxylic acids is 2. The minimum Gasteiger partial charge on any atom is -0.486 e.